The average molecular weight is 539 g/mol. The smallest absolute Gasteiger partial charge is 0.141 e. The van der Waals surface area contributed by atoms with Crippen molar-refractivity contribution >= 4 is 5.78 Å². The van der Waals surface area contributed by atoms with Crippen molar-refractivity contribution in [3.63, 3.8) is 0 Å². The minimum Gasteiger partial charge on any atom is -0.393 e. The van der Waals surface area contributed by atoms with Crippen LogP contribution in [-0.2, 0) is 4.79 Å². The van der Waals surface area contributed by atoms with Crippen LogP contribution < -0.4 is 0 Å². The zero-order chi connectivity index (χ0) is 28.4. The number of ketones is 1. The highest BCUT2D eigenvalue weighted by Gasteiger charge is 2.55. The first kappa shape index (κ1) is 30.5. The zero-order valence-electron chi connectivity index (χ0n) is 25.1. The molecule has 0 spiro atoms. The Morgan fingerprint density at radius 3 is 2.56 bits per heavy atom. The molecule has 0 unspecified atom stereocenters. The van der Waals surface area contributed by atoms with Gasteiger partial charge >= 0.3 is 0 Å². The molecular formula is C35H54O4. The Morgan fingerprint density at radius 2 is 1.87 bits per heavy atom. The van der Waals surface area contributed by atoms with Gasteiger partial charge < -0.3 is 15.3 Å². The van der Waals surface area contributed by atoms with Crippen LogP contribution in [0.2, 0.25) is 0 Å². The predicted molar refractivity (Wildman–Crippen MR) is 159 cm³/mol. The second-order valence-corrected chi connectivity index (χ2v) is 14.1. The predicted octanol–water partition coefficient (Wildman–Crippen LogP) is 7.39. The molecule has 6 atom stereocenters. The molecule has 0 aromatic rings. The average Bonchev–Trinajstić information content (AvgIpc) is 3.62. The molecular weight excluding hydrogens is 484 g/mol. The minimum absolute atomic E-state index is 0.0719. The molecule has 4 rings (SSSR count). The Kier molecular flexibility index (Phi) is 9.51. The molecule has 0 radical (unpaired) electrons. The SMILES string of the molecule is C=C1C(=CC=C2CCC[C@]3(C)[C@@H](C(C)(C)C=C[C@@H](O)C4(C(=O)CCCCCC)CC4)CC[C@@H]23)C[C@@H](O)C[C@@H]1O. The number of carbonyl (C=O) groups excluding carboxylic acids is 1. The summed E-state index contributed by atoms with van der Waals surface area (Å²) in [4.78, 5) is 13.0. The summed E-state index contributed by atoms with van der Waals surface area (Å²) in [6.45, 7) is 13.4. The summed E-state index contributed by atoms with van der Waals surface area (Å²) >= 11 is 0. The van der Waals surface area contributed by atoms with E-state index in [0.29, 0.717) is 31.1 Å². The van der Waals surface area contributed by atoms with Gasteiger partial charge in [-0.2, -0.15) is 0 Å². The number of aliphatic hydroxyl groups excluding tert-OH is 3. The van der Waals surface area contributed by atoms with Gasteiger partial charge in [-0.3, -0.25) is 4.79 Å². The van der Waals surface area contributed by atoms with Gasteiger partial charge in [-0.1, -0.05) is 83.4 Å². The molecule has 4 saturated carbocycles. The Balaban J connectivity index is 1.44. The zero-order valence-corrected chi connectivity index (χ0v) is 25.1. The van der Waals surface area contributed by atoms with E-state index in [2.05, 4.69) is 52.5 Å². The highest BCUT2D eigenvalue weighted by Crippen LogP contribution is 2.62. The first-order chi connectivity index (χ1) is 18.4. The van der Waals surface area contributed by atoms with Crippen molar-refractivity contribution < 1.29 is 20.1 Å². The first-order valence-corrected chi connectivity index (χ1v) is 15.8. The normalized spacial score (nSPS) is 35.5. The number of fused-ring (bicyclic) bond motifs is 1. The van der Waals surface area contributed by atoms with Gasteiger partial charge in [0, 0.05) is 12.8 Å². The quantitative estimate of drug-likeness (QED) is 0.189. The maximum atomic E-state index is 13.0. The number of aliphatic hydroxyl groups is 3. The Morgan fingerprint density at radius 1 is 1.13 bits per heavy atom. The van der Waals surface area contributed by atoms with Crippen LogP contribution in [0.15, 0.2) is 47.6 Å². The van der Waals surface area contributed by atoms with E-state index in [0.717, 1.165) is 49.7 Å². The van der Waals surface area contributed by atoms with Crippen LogP contribution in [0, 0.1) is 28.1 Å². The summed E-state index contributed by atoms with van der Waals surface area (Å²) in [5, 5.41) is 31.5. The van der Waals surface area contributed by atoms with E-state index in [-0.39, 0.29) is 16.6 Å². The number of carbonyl (C=O) groups is 1. The molecule has 39 heavy (non-hydrogen) atoms. The molecule has 0 amide bonds. The highest BCUT2D eigenvalue weighted by molar-refractivity contribution is 5.88. The molecule has 0 bridgehead atoms. The van der Waals surface area contributed by atoms with Crippen molar-refractivity contribution in [1.82, 2.24) is 0 Å². The lowest BCUT2D eigenvalue weighted by atomic mass is 9.57. The van der Waals surface area contributed by atoms with Crippen molar-refractivity contribution in [3.8, 4) is 0 Å². The summed E-state index contributed by atoms with van der Waals surface area (Å²) in [6, 6.07) is 0. The number of allylic oxidation sites excluding steroid dienone is 4. The van der Waals surface area contributed by atoms with Crippen LogP contribution in [0.3, 0.4) is 0 Å². The number of hydrogen-bond donors (Lipinski definition) is 3. The van der Waals surface area contributed by atoms with Crippen LogP contribution in [0.5, 0.6) is 0 Å². The third-order valence-corrected chi connectivity index (χ3v) is 11.0. The maximum absolute atomic E-state index is 13.0. The van der Waals surface area contributed by atoms with Crippen molar-refractivity contribution in [3.05, 3.63) is 47.6 Å². The van der Waals surface area contributed by atoms with Gasteiger partial charge in [0.1, 0.15) is 5.78 Å². The molecule has 218 valence electrons. The van der Waals surface area contributed by atoms with Crippen LogP contribution in [-0.4, -0.2) is 39.4 Å². The van der Waals surface area contributed by atoms with Gasteiger partial charge in [-0.25, -0.2) is 0 Å². The highest BCUT2D eigenvalue weighted by atomic mass is 16.3. The van der Waals surface area contributed by atoms with Gasteiger partial charge in [0.2, 0.25) is 0 Å². The van der Waals surface area contributed by atoms with E-state index in [1.165, 1.54) is 37.7 Å². The van der Waals surface area contributed by atoms with Crippen LogP contribution in [0.25, 0.3) is 0 Å². The number of Topliss-reactive ketones (excluding diaryl/α,β-unsaturated/α-hetero) is 1. The second-order valence-electron chi connectivity index (χ2n) is 14.1. The first-order valence-electron chi connectivity index (χ1n) is 15.8. The summed E-state index contributed by atoms with van der Waals surface area (Å²) < 4.78 is 0. The molecule has 0 saturated heterocycles. The fourth-order valence-corrected chi connectivity index (χ4v) is 8.40. The summed E-state index contributed by atoms with van der Waals surface area (Å²) in [5.41, 5.74) is 2.80. The van der Waals surface area contributed by atoms with Crippen molar-refractivity contribution in [2.24, 2.45) is 28.1 Å². The van der Waals surface area contributed by atoms with Crippen LogP contribution in [0.1, 0.15) is 118 Å². The fraction of sp³-hybridized carbons (Fsp3) is 0.743. The lowest BCUT2D eigenvalue weighted by molar-refractivity contribution is -0.127. The lowest BCUT2D eigenvalue weighted by Gasteiger charge is -2.47. The standard InChI is InChI=1S/C35H54O4/c1-6-7-8-9-12-31(38)35(20-21-35)32(39)17-19-33(3,4)30-16-15-28-25(11-10-18-34(28,30)5)13-14-26-22-27(36)23-29(37)24(26)2/h13-14,17,19,27-30,32,36-37,39H,2,6-12,15-16,18,20-23H2,1,3-5H3/t27-,28+,29+,30-,32-,34+/m1/s1. The van der Waals surface area contributed by atoms with E-state index in [4.69, 9.17) is 0 Å². The Bertz CT molecular complexity index is 996. The van der Waals surface area contributed by atoms with Gasteiger partial charge in [0.15, 0.2) is 0 Å². The van der Waals surface area contributed by atoms with Crippen LogP contribution >= 0.6 is 0 Å². The Hall–Kier alpha value is -1.49. The number of hydrogen-bond acceptors (Lipinski definition) is 4. The van der Waals surface area contributed by atoms with Gasteiger partial charge in [-0.05, 0) is 91.6 Å². The largest absolute Gasteiger partial charge is 0.393 e. The molecule has 4 aliphatic rings. The maximum Gasteiger partial charge on any atom is 0.141 e. The number of unbranched alkanes of at least 4 members (excludes halogenated alkanes) is 3. The molecule has 0 aromatic carbocycles. The minimum atomic E-state index is -0.678. The summed E-state index contributed by atoms with van der Waals surface area (Å²) in [7, 11) is 0. The number of rotatable bonds is 11. The summed E-state index contributed by atoms with van der Waals surface area (Å²) in [5.74, 6) is 1.29. The van der Waals surface area contributed by atoms with Gasteiger partial charge in [0.25, 0.3) is 0 Å². The van der Waals surface area contributed by atoms with Gasteiger partial charge in [-0.15, -0.1) is 0 Å². The van der Waals surface area contributed by atoms with Crippen molar-refractivity contribution in [2.45, 2.75) is 136 Å². The summed E-state index contributed by atoms with van der Waals surface area (Å²) in [6.07, 6.45) is 20.1. The third-order valence-electron chi connectivity index (χ3n) is 11.0. The van der Waals surface area contributed by atoms with E-state index in [1.54, 1.807) is 0 Å². The van der Waals surface area contributed by atoms with Crippen LogP contribution in [0.4, 0.5) is 0 Å². The van der Waals surface area contributed by atoms with Crippen molar-refractivity contribution in [2.75, 3.05) is 0 Å². The molecule has 4 aliphatic carbocycles. The van der Waals surface area contributed by atoms with Crippen molar-refractivity contribution in [1.29, 1.82) is 0 Å². The molecule has 0 heterocycles. The molecule has 0 aromatic heterocycles. The molecule has 4 fully saturated rings. The monoisotopic (exact) mass is 538 g/mol. The van der Waals surface area contributed by atoms with Gasteiger partial charge in [0.05, 0.1) is 23.7 Å². The Labute approximate surface area is 237 Å². The molecule has 0 aliphatic heterocycles. The molecule has 3 N–H and O–H groups in total. The topological polar surface area (TPSA) is 77.8 Å². The fourth-order valence-electron chi connectivity index (χ4n) is 8.40. The van der Waals surface area contributed by atoms with E-state index < -0.39 is 23.7 Å². The second kappa shape index (κ2) is 12.2. The third kappa shape index (κ3) is 6.39. The van der Waals surface area contributed by atoms with E-state index >= 15 is 0 Å². The lowest BCUT2D eigenvalue weighted by Crippen LogP contribution is -2.39. The van der Waals surface area contributed by atoms with E-state index in [9.17, 15) is 20.1 Å². The molecule has 4 heteroatoms. The van der Waals surface area contributed by atoms with E-state index in [1.807, 2.05) is 6.08 Å². The molecule has 4 nitrogen and oxygen atoms in total.